The van der Waals surface area contributed by atoms with E-state index in [-0.39, 0.29) is 5.91 Å². The van der Waals surface area contributed by atoms with Gasteiger partial charge in [0, 0.05) is 13.1 Å². The highest BCUT2D eigenvalue weighted by Crippen LogP contribution is 2.13. The molecule has 5 heteroatoms. The molecular formula is C8H11BrN2O2. The van der Waals surface area contributed by atoms with Crippen LogP contribution >= 0.6 is 15.9 Å². The fourth-order valence-electron chi connectivity index (χ4n) is 0.824. The molecule has 0 unspecified atom stereocenters. The first-order chi connectivity index (χ1) is 6.24. The van der Waals surface area contributed by atoms with E-state index in [2.05, 4.69) is 26.6 Å². The zero-order chi connectivity index (χ0) is 9.68. The van der Waals surface area contributed by atoms with E-state index >= 15 is 0 Å². The van der Waals surface area contributed by atoms with Crippen LogP contribution in [0.2, 0.25) is 0 Å². The van der Waals surface area contributed by atoms with Crippen molar-refractivity contribution in [3.63, 3.8) is 0 Å². The maximum atomic E-state index is 11.3. The summed E-state index contributed by atoms with van der Waals surface area (Å²) < 4.78 is 5.62. The molecule has 1 amide bonds. The third-order valence-electron chi connectivity index (χ3n) is 1.46. The van der Waals surface area contributed by atoms with Crippen molar-refractivity contribution >= 4 is 21.8 Å². The van der Waals surface area contributed by atoms with Crippen LogP contribution in [-0.4, -0.2) is 26.0 Å². The van der Waals surface area contributed by atoms with Gasteiger partial charge in [0.2, 0.25) is 0 Å². The van der Waals surface area contributed by atoms with Gasteiger partial charge in [0.1, 0.15) is 0 Å². The summed E-state index contributed by atoms with van der Waals surface area (Å²) in [6.07, 6.45) is 0. The number of furan rings is 1. The predicted octanol–water partition coefficient (Wildman–Crippen LogP) is 0.991. The Morgan fingerprint density at radius 3 is 2.85 bits per heavy atom. The molecule has 13 heavy (non-hydrogen) atoms. The molecule has 4 nitrogen and oxygen atoms in total. The average Bonchev–Trinajstić information content (AvgIpc) is 2.52. The molecule has 0 radical (unpaired) electrons. The normalized spacial score (nSPS) is 10.0. The van der Waals surface area contributed by atoms with Crippen LogP contribution in [0.15, 0.2) is 21.2 Å². The SMILES string of the molecule is CNCCNC(=O)c1ccc(Br)o1. The van der Waals surface area contributed by atoms with Crippen molar-refractivity contribution in [1.82, 2.24) is 10.6 Å². The van der Waals surface area contributed by atoms with Gasteiger partial charge in [-0.15, -0.1) is 0 Å². The number of hydrogen-bond acceptors (Lipinski definition) is 3. The maximum absolute atomic E-state index is 11.3. The number of rotatable bonds is 4. The molecule has 0 aliphatic carbocycles. The van der Waals surface area contributed by atoms with E-state index < -0.39 is 0 Å². The first-order valence-electron chi connectivity index (χ1n) is 3.92. The Morgan fingerprint density at radius 1 is 1.54 bits per heavy atom. The van der Waals surface area contributed by atoms with Gasteiger partial charge < -0.3 is 15.1 Å². The van der Waals surface area contributed by atoms with Crippen LogP contribution in [-0.2, 0) is 0 Å². The lowest BCUT2D eigenvalue weighted by atomic mass is 10.4. The standard InChI is InChI=1S/C8H11BrN2O2/c1-10-4-5-11-8(12)6-2-3-7(9)13-6/h2-3,10H,4-5H2,1H3,(H,11,12). The minimum Gasteiger partial charge on any atom is -0.444 e. The summed E-state index contributed by atoms with van der Waals surface area (Å²) in [6, 6.07) is 3.31. The summed E-state index contributed by atoms with van der Waals surface area (Å²) in [4.78, 5) is 11.3. The highest BCUT2D eigenvalue weighted by atomic mass is 79.9. The molecule has 0 aliphatic heterocycles. The Labute approximate surface area is 84.8 Å². The largest absolute Gasteiger partial charge is 0.444 e. The topological polar surface area (TPSA) is 54.3 Å². The molecule has 0 fully saturated rings. The van der Waals surface area contributed by atoms with Crippen molar-refractivity contribution in [2.75, 3.05) is 20.1 Å². The molecule has 1 aromatic heterocycles. The first kappa shape index (κ1) is 10.3. The maximum Gasteiger partial charge on any atom is 0.287 e. The quantitative estimate of drug-likeness (QED) is 0.780. The van der Waals surface area contributed by atoms with Crippen molar-refractivity contribution < 1.29 is 9.21 Å². The van der Waals surface area contributed by atoms with Crippen molar-refractivity contribution in [2.45, 2.75) is 0 Å². The average molecular weight is 247 g/mol. The minimum absolute atomic E-state index is 0.194. The minimum atomic E-state index is -0.194. The van der Waals surface area contributed by atoms with Crippen LogP contribution in [0.1, 0.15) is 10.6 Å². The van der Waals surface area contributed by atoms with Gasteiger partial charge in [-0.25, -0.2) is 0 Å². The summed E-state index contributed by atoms with van der Waals surface area (Å²) in [5, 5.41) is 5.62. The second kappa shape index (κ2) is 5.04. The molecule has 0 spiro atoms. The molecular weight excluding hydrogens is 236 g/mol. The van der Waals surface area contributed by atoms with Crippen molar-refractivity contribution in [3.8, 4) is 0 Å². The van der Waals surface area contributed by atoms with E-state index in [9.17, 15) is 4.79 Å². The number of likely N-dealkylation sites (N-methyl/N-ethyl adjacent to an activating group) is 1. The van der Waals surface area contributed by atoms with Gasteiger partial charge >= 0.3 is 0 Å². The molecule has 0 bridgehead atoms. The predicted molar refractivity (Wildman–Crippen MR) is 52.7 cm³/mol. The van der Waals surface area contributed by atoms with Gasteiger partial charge in [0.05, 0.1) is 0 Å². The number of nitrogens with one attached hydrogen (secondary N) is 2. The fourth-order valence-corrected chi connectivity index (χ4v) is 1.13. The molecule has 1 heterocycles. The molecule has 2 N–H and O–H groups in total. The zero-order valence-electron chi connectivity index (χ0n) is 7.26. The molecule has 0 saturated heterocycles. The lowest BCUT2D eigenvalue weighted by Gasteiger charge is -2.00. The second-order valence-corrected chi connectivity index (χ2v) is 3.24. The highest BCUT2D eigenvalue weighted by Gasteiger charge is 2.08. The van der Waals surface area contributed by atoms with Crippen LogP contribution < -0.4 is 10.6 Å². The number of halogens is 1. The van der Waals surface area contributed by atoms with Crippen LogP contribution in [0.3, 0.4) is 0 Å². The van der Waals surface area contributed by atoms with Gasteiger partial charge in [-0.3, -0.25) is 4.79 Å². The zero-order valence-corrected chi connectivity index (χ0v) is 8.85. The van der Waals surface area contributed by atoms with Gasteiger partial charge in [-0.05, 0) is 35.1 Å². The van der Waals surface area contributed by atoms with Crippen LogP contribution in [0.5, 0.6) is 0 Å². The smallest absolute Gasteiger partial charge is 0.287 e. The monoisotopic (exact) mass is 246 g/mol. The molecule has 0 saturated carbocycles. The Bertz CT molecular complexity index is 285. The first-order valence-corrected chi connectivity index (χ1v) is 4.71. The number of carbonyl (C=O) groups is 1. The van der Waals surface area contributed by atoms with Gasteiger partial charge in [0.15, 0.2) is 10.4 Å². The summed E-state index contributed by atoms with van der Waals surface area (Å²) in [6.45, 7) is 1.33. The van der Waals surface area contributed by atoms with E-state index in [4.69, 9.17) is 4.42 Å². The lowest BCUT2D eigenvalue weighted by Crippen LogP contribution is -2.30. The number of carbonyl (C=O) groups excluding carboxylic acids is 1. The van der Waals surface area contributed by atoms with E-state index in [1.807, 2.05) is 7.05 Å². The molecule has 0 aromatic carbocycles. The van der Waals surface area contributed by atoms with Crippen LogP contribution in [0.4, 0.5) is 0 Å². The van der Waals surface area contributed by atoms with Gasteiger partial charge in [-0.2, -0.15) is 0 Å². The van der Waals surface area contributed by atoms with Gasteiger partial charge in [-0.1, -0.05) is 0 Å². The summed E-state index contributed by atoms with van der Waals surface area (Å²) in [7, 11) is 1.83. The molecule has 0 aliphatic rings. The summed E-state index contributed by atoms with van der Waals surface area (Å²) in [5.41, 5.74) is 0. The van der Waals surface area contributed by atoms with Crippen molar-refractivity contribution in [3.05, 3.63) is 22.6 Å². The van der Waals surface area contributed by atoms with Crippen molar-refractivity contribution in [1.29, 1.82) is 0 Å². The Balaban J connectivity index is 2.40. The van der Waals surface area contributed by atoms with Gasteiger partial charge in [0.25, 0.3) is 5.91 Å². The molecule has 1 aromatic rings. The Hall–Kier alpha value is -0.810. The Morgan fingerprint density at radius 2 is 2.31 bits per heavy atom. The van der Waals surface area contributed by atoms with Crippen molar-refractivity contribution in [2.24, 2.45) is 0 Å². The molecule has 72 valence electrons. The summed E-state index contributed by atoms with van der Waals surface area (Å²) >= 11 is 3.12. The third kappa shape index (κ3) is 3.20. The summed E-state index contributed by atoms with van der Waals surface area (Å²) in [5.74, 6) is 0.129. The third-order valence-corrected chi connectivity index (χ3v) is 1.88. The Kier molecular flexibility index (Phi) is 3.98. The van der Waals surface area contributed by atoms with Crippen LogP contribution in [0.25, 0.3) is 0 Å². The molecule has 1 rings (SSSR count). The van der Waals surface area contributed by atoms with E-state index in [1.165, 1.54) is 0 Å². The van der Waals surface area contributed by atoms with E-state index in [0.717, 1.165) is 6.54 Å². The van der Waals surface area contributed by atoms with E-state index in [0.29, 0.717) is 17.0 Å². The fraction of sp³-hybridized carbons (Fsp3) is 0.375. The second-order valence-electron chi connectivity index (χ2n) is 2.46. The number of hydrogen-bond donors (Lipinski definition) is 2. The van der Waals surface area contributed by atoms with E-state index in [1.54, 1.807) is 12.1 Å². The molecule has 0 atom stereocenters. The lowest BCUT2D eigenvalue weighted by molar-refractivity contribution is 0.0925. The number of amides is 1. The van der Waals surface area contributed by atoms with Crippen LogP contribution in [0, 0.1) is 0 Å². The highest BCUT2D eigenvalue weighted by molar-refractivity contribution is 9.10.